The minimum Gasteiger partial charge on any atom is 0 e. The van der Waals surface area contributed by atoms with Crippen molar-refractivity contribution in [2.45, 2.75) is 0 Å². The van der Waals surface area contributed by atoms with Crippen molar-refractivity contribution in [3.8, 4) is 0 Å². The molecule has 0 aromatic heterocycles. The van der Waals surface area contributed by atoms with Crippen LogP contribution in [0.4, 0.5) is 10.5 Å². The van der Waals surface area contributed by atoms with Gasteiger partial charge in [-0.05, 0) is 0 Å². The predicted molar refractivity (Wildman–Crippen MR) is 4.43 cm³/mol. The van der Waals surface area contributed by atoms with E-state index in [2.05, 4.69) is 0 Å². The van der Waals surface area contributed by atoms with Gasteiger partial charge in [-0.25, -0.2) is 0 Å². The molecule has 1 radical (unpaired) electrons. The van der Waals surface area contributed by atoms with E-state index in [4.69, 9.17) is 0 Å². The second-order valence-electron chi connectivity index (χ2n) is 0.429. The zero-order valence-electron chi connectivity index (χ0n) is 2.31. The van der Waals surface area contributed by atoms with Gasteiger partial charge in [0.1, 0.15) is 0 Å². The molecule has 0 heterocycles. The normalized spacial score (nSPS) is 10.0. The van der Waals surface area contributed by atoms with Crippen molar-refractivity contribution in [2.24, 2.45) is 0 Å². The smallest absolute Gasteiger partial charge is 0 e. The summed E-state index contributed by atoms with van der Waals surface area (Å²) in [6.45, 7) is 0. The van der Waals surface area contributed by atoms with Gasteiger partial charge in [0.25, 0.3) is 0 Å². The van der Waals surface area contributed by atoms with E-state index in [0.717, 1.165) is 0 Å². The summed E-state index contributed by atoms with van der Waals surface area (Å²) in [4.78, 5) is 0. The minimum absolute atomic E-state index is 0. The van der Waals surface area contributed by atoms with Crippen LogP contribution in [0.5, 0.6) is 0 Å². The Labute approximate surface area is 69.8 Å². The first-order valence-corrected chi connectivity index (χ1v) is 4.47. The van der Waals surface area contributed by atoms with Crippen LogP contribution in [0.25, 0.3) is 0 Å². The topological polar surface area (TPSA) is 0 Å². The molecule has 0 aliphatic carbocycles. The molecule has 0 saturated carbocycles. The van der Waals surface area contributed by atoms with Crippen LogP contribution < -0.4 is 0 Å². The number of rotatable bonds is 0. The first-order valence-electron chi connectivity index (χ1n) is 0.756. The molecular formula is F4HoZr. The predicted octanol–water partition coefficient (Wildman–Crippen LogP) is 1.68. The van der Waals surface area contributed by atoms with Crippen molar-refractivity contribution in [1.29, 1.82) is 0 Å². The van der Waals surface area contributed by atoms with E-state index in [9.17, 15) is 10.5 Å². The minimum atomic E-state index is -7.18. The van der Waals surface area contributed by atoms with Gasteiger partial charge in [-0.15, -0.1) is 0 Å². The number of hydrogen-bond donors (Lipinski definition) is 0. The quantitative estimate of drug-likeness (QED) is 0.468. The standard InChI is InChI=1S/4FH.Ho.Zr/h4*1H;;/q;;;;;+4/p-4. The van der Waals surface area contributed by atoms with Crippen molar-refractivity contribution in [3.05, 3.63) is 0 Å². The Kier molecular flexibility index (Phi) is 6.85. The zero-order valence-corrected chi connectivity index (χ0v) is 6.71. The summed E-state index contributed by atoms with van der Waals surface area (Å²) in [5.74, 6) is 0. The SMILES string of the molecule is [F][Zr]([F])([F])[F].[Ho]. The molecule has 0 nitrogen and oxygen atoms in total. The molecule has 0 saturated heterocycles. The summed E-state index contributed by atoms with van der Waals surface area (Å²) in [6.07, 6.45) is 0. The molecule has 0 amide bonds. The molecule has 0 aromatic rings. The molecule has 43 valence electrons. The van der Waals surface area contributed by atoms with E-state index in [1.54, 1.807) is 0 Å². The Morgan fingerprint density at radius 1 is 0.833 bits per heavy atom. The molecule has 6 heteroatoms. The van der Waals surface area contributed by atoms with Crippen LogP contribution >= 0.6 is 0 Å². The second-order valence-corrected chi connectivity index (χ2v) is 2.54. The summed E-state index contributed by atoms with van der Waals surface area (Å²) < 4.78 is 39.6. The number of halogens is 4. The number of hydrogen-bond acceptors (Lipinski definition) is 0. The Balaban J connectivity index is 0. The average Bonchev–Trinajstić information content (AvgIpc) is 0.722. The summed E-state index contributed by atoms with van der Waals surface area (Å²) >= 11 is -7.18. The van der Waals surface area contributed by atoms with Crippen LogP contribution in [-0.2, 0) is 22.7 Å². The molecule has 0 fully saturated rings. The maximum Gasteiger partial charge on any atom is 0 e. The largest absolute Gasteiger partial charge is 0 e. The van der Waals surface area contributed by atoms with Crippen LogP contribution in [0.2, 0.25) is 0 Å². The van der Waals surface area contributed by atoms with E-state index in [-0.39, 0.29) is 37.7 Å². The van der Waals surface area contributed by atoms with Gasteiger partial charge in [0, 0.05) is 37.7 Å². The van der Waals surface area contributed by atoms with Crippen molar-refractivity contribution in [3.63, 3.8) is 0 Å². The molecule has 6 heavy (non-hydrogen) atoms. The first kappa shape index (κ1) is 10.8. The van der Waals surface area contributed by atoms with Gasteiger partial charge in [0.2, 0.25) is 0 Å². The molecule has 0 rings (SSSR count). The fraction of sp³-hybridized carbons (Fsp3) is 0. The van der Waals surface area contributed by atoms with Gasteiger partial charge in [0.05, 0.1) is 0 Å². The van der Waals surface area contributed by atoms with Gasteiger partial charge < -0.3 is 0 Å². The monoisotopic (exact) mass is 331 g/mol. The van der Waals surface area contributed by atoms with E-state index in [1.807, 2.05) is 0 Å². The fourth-order valence-electron chi connectivity index (χ4n) is 0. The molecule has 0 unspecified atom stereocenters. The summed E-state index contributed by atoms with van der Waals surface area (Å²) in [7, 11) is 0. The molecule has 0 aliphatic heterocycles. The fourth-order valence-corrected chi connectivity index (χ4v) is 0. The first-order chi connectivity index (χ1) is 2.00. The Morgan fingerprint density at radius 3 is 0.833 bits per heavy atom. The van der Waals surface area contributed by atoms with E-state index < -0.39 is 22.7 Å². The van der Waals surface area contributed by atoms with Crippen molar-refractivity contribution < 1.29 is 70.9 Å². The van der Waals surface area contributed by atoms with Gasteiger partial charge in [-0.3, -0.25) is 0 Å². The summed E-state index contributed by atoms with van der Waals surface area (Å²) in [6, 6.07) is 0. The molecule has 0 atom stereocenters. The maximum atomic E-state index is 9.90. The van der Waals surface area contributed by atoms with E-state index in [0.29, 0.717) is 0 Å². The van der Waals surface area contributed by atoms with Crippen LogP contribution in [0.3, 0.4) is 0 Å². The van der Waals surface area contributed by atoms with Gasteiger partial charge >= 0.3 is 33.2 Å². The third kappa shape index (κ3) is 40.0. The third-order valence-electron chi connectivity index (χ3n) is 0. The third-order valence-corrected chi connectivity index (χ3v) is 0. The summed E-state index contributed by atoms with van der Waals surface area (Å²) in [5.41, 5.74) is 0. The van der Waals surface area contributed by atoms with Crippen LogP contribution in [0.1, 0.15) is 0 Å². The maximum absolute atomic E-state index is 9.90. The van der Waals surface area contributed by atoms with Gasteiger partial charge in [0.15, 0.2) is 0 Å². The Morgan fingerprint density at radius 2 is 0.833 bits per heavy atom. The molecular weight excluding hydrogens is 332 g/mol. The molecule has 0 aromatic carbocycles. The zero-order chi connectivity index (χ0) is 4.50. The van der Waals surface area contributed by atoms with Gasteiger partial charge in [-0.1, -0.05) is 0 Å². The molecule has 0 N–H and O–H groups in total. The van der Waals surface area contributed by atoms with Crippen molar-refractivity contribution in [1.82, 2.24) is 0 Å². The van der Waals surface area contributed by atoms with Crippen molar-refractivity contribution in [2.75, 3.05) is 0 Å². The summed E-state index contributed by atoms with van der Waals surface area (Å²) in [5, 5.41) is 0. The van der Waals surface area contributed by atoms with Crippen LogP contribution in [0, 0.1) is 37.7 Å². The van der Waals surface area contributed by atoms with Crippen LogP contribution in [-0.4, -0.2) is 0 Å². The van der Waals surface area contributed by atoms with E-state index >= 15 is 0 Å². The van der Waals surface area contributed by atoms with Crippen molar-refractivity contribution >= 4 is 0 Å². The van der Waals surface area contributed by atoms with Crippen LogP contribution in [0.15, 0.2) is 0 Å². The average molecular weight is 332 g/mol. The van der Waals surface area contributed by atoms with E-state index in [1.165, 1.54) is 0 Å². The molecule has 0 spiro atoms. The Bertz CT molecular complexity index is 23.0. The van der Waals surface area contributed by atoms with Gasteiger partial charge in [-0.2, -0.15) is 0 Å². The second kappa shape index (κ2) is 3.82. The molecule has 0 bridgehead atoms. The molecule has 0 aliphatic rings. The Hall–Kier alpha value is 1.86.